The van der Waals surface area contributed by atoms with Gasteiger partial charge in [-0.25, -0.2) is 4.98 Å². The lowest BCUT2D eigenvalue weighted by atomic mass is 9.88. The normalized spacial score (nSPS) is 24.2. The molecule has 0 aromatic carbocycles. The average Bonchev–Trinajstić information content (AvgIpc) is 2.76. The molecule has 0 bridgehead atoms. The van der Waals surface area contributed by atoms with E-state index in [0.29, 0.717) is 12.5 Å². The van der Waals surface area contributed by atoms with E-state index < -0.39 is 0 Å². The van der Waals surface area contributed by atoms with Crippen LogP contribution in [0.4, 0.5) is 0 Å². The van der Waals surface area contributed by atoms with Gasteiger partial charge in [0.15, 0.2) is 0 Å². The standard InChI is InChI=1S/C15H24N2O/c1-15(2,3)12-7-8-14(17-10-12)18-13-6-4-5-11(13)9-16/h7-8,10-11,13H,4-6,9,16H2,1-3H3. The van der Waals surface area contributed by atoms with E-state index in [2.05, 4.69) is 31.8 Å². The second-order valence-electron chi connectivity index (χ2n) is 6.22. The first-order valence-corrected chi connectivity index (χ1v) is 6.84. The van der Waals surface area contributed by atoms with Crippen LogP contribution in [0.5, 0.6) is 5.88 Å². The third kappa shape index (κ3) is 3.02. The minimum Gasteiger partial charge on any atom is -0.474 e. The Morgan fingerprint density at radius 2 is 2.11 bits per heavy atom. The second kappa shape index (κ2) is 5.27. The molecule has 1 saturated carbocycles. The van der Waals surface area contributed by atoms with Crippen molar-refractivity contribution in [3.8, 4) is 5.88 Å². The number of pyridine rings is 1. The highest BCUT2D eigenvalue weighted by Gasteiger charge is 2.28. The lowest BCUT2D eigenvalue weighted by molar-refractivity contribution is 0.155. The summed E-state index contributed by atoms with van der Waals surface area (Å²) < 4.78 is 5.96. The van der Waals surface area contributed by atoms with Gasteiger partial charge < -0.3 is 10.5 Å². The van der Waals surface area contributed by atoms with E-state index in [1.165, 1.54) is 18.4 Å². The fourth-order valence-electron chi connectivity index (χ4n) is 2.48. The zero-order valence-corrected chi connectivity index (χ0v) is 11.6. The number of hydrogen-bond donors (Lipinski definition) is 1. The molecule has 0 saturated heterocycles. The van der Waals surface area contributed by atoms with Crippen molar-refractivity contribution in [1.82, 2.24) is 4.98 Å². The van der Waals surface area contributed by atoms with Crippen LogP contribution in [0.1, 0.15) is 45.6 Å². The Balaban J connectivity index is 2.02. The number of nitrogens with two attached hydrogens (primary N) is 1. The lowest BCUT2D eigenvalue weighted by Crippen LogP contribution is -2.28. The van der Waals surface area contributed by atoms with Crippen LogP contribution >= 0.6 is 0 Å². The molecule has 1 aromatic rings. The van der Waals surface area contributed by atoms with E-state index in [0.717, 1.165) is 12.3 Å². The van der Waals surface area contributed by atoms with Crippen LogP contribution in [0.25, 0.3) is 0 Å². The van der Waals surface area contributed by atoms with Gasteiger partial charge in [0, 0.05) is 18.2 Å². The maximum Gasteiger partial charge on any atom is 0.213 e. The molecule has 0 amide bonds. The van der Waals surface area contributed by atoms with Crippen LogP contribution in [0, 0.1) is 5.92 Å². The zero-order valence-electron chi connectivity index (χ0n) is 11.6. The monoisotopic (exact) mass is 248 g/mol. The molecule has 3 heteroatoms. The molecule has 3 nitrogen and oxygen atoms in total. The van der Waals surface area contributed by atoms with Gasteiger partial charge in [-0.3, -0.25) is 0 Å². The maximum atomic E-state index is 5.96. The van der Waals surface area contributed by atoms with Gasteiger partial charge in [-0.15, -0.1) is 0 Å². The Labute approximate surface area is 110 Å². The first kappa shape index (κ1) is 13.3. The van der Waals surface area contributed by atoms with E-state index in [-0.39, 0.29) is 11.5 Å². The van der Waals surface area contributed by atoms with Gasteiger partial charge in [0.05, 0.1) is 0 Å². The molecule has 1 heterocycles. The second-order valence-corrected chi connectivity index (χ2v) is 6.22. The number of ether oxygens (including phenoxy) is 1. The van der Waals surface area contributed by atoms with Crippen molar-refractivity contribution in [1.29, 1.82) is 0 Å². The largest absolute Gasteiger partial charge is 0.474 e. The molecule has 0 spiro atoms. The highest BCUT2D eigenvalue weighted by atomic mass is 16.5. The molecular weight excluding hydrogens is 224 g/mol. The smallest absolute Gasteiger partial charge is 0.213 e. The molecule has 1 fully saturated rings. The first-order valence-electron chi connectivity index (χ1n) is 6.84. The highest BCUT2D eigenvalue weighted by Crippen LogP contribution is 2.29. The van der Waals surface area contributed by atoms with Crippen molar-refractivity contribution in [2.45, 2.75) is 51.6 Å². The molecule has 18 heavy (non-hydrogen) atoms. The summed E-state index contributed by atoms with van der Waals surface area (Å²) in [5.74, 6) is 1.22. The molecule has 1 aliphatic carbocycles. The van der Waals surface area contributed by atoms with Gasteiger partial charge in [-0.1, -0.05) is 26.8 Å². The van der Waals surface area contributed by atoms with Crippen molar-refractivity contribution >= 4 is 0 Å². The van der Waals surface area contributed by atoms with Crippen LogP contribution < -0.4 is 10.5 Å². The van der Waals surface area contributed by atoms with Gasteiger partial charge in [-0.2, -0.15) is 0 Å². The summed E-state index contributed by atoms with van der Waals surface area (Å²) in [6, 6.07) is 4.08. The predicted molar refractivity (Wildman–Crippen MR) is 73.7 cm³/mol. The minimum atomic E-state index is 0.138. The van der Waals surface area contributed by atoms with Gasteiger partial charge in [0.25, 0.3) is 0 Å². The molecule has 1 aromatic heterocycles. The van der Waals surface area contributed by atoms with Crippen LogP contribution in [0.2, 0.25) is 0 Å². The average molecular weight is 248 g/mol. The third-order valence-corrected chi connectivity index (χ3v) is 3.77. The van der Waals surface area contributed by atoms with Crippen LogP contribution in [-0.2, 0) is 5.41 Å². The van der Waals surface area contributed by atoms with E-state index in [1.807, 2.05) is 12.3 Å². The van der Waals surface area contributed by atoms with E-state index >= 15 is 0 Å². The predicted octanol–water partition coefficient (Wildman–Crippen LogP) is 2.89. The molecule has 0 aliphatic heterocycles. The maximum absolute atomic E-state index is 5.96. The summed E-state index contributed by atoms with van der Waals surface area (Å²) in [6.45, 7) is 7.27. The quantitative estimate of drug-likeness (QED) is 0.894. The number of hydrogen-bond acceptors (Lipinski definition) is 3. The molecular formula is C15H24N2O. The van der Waals surface area contributed by atoms with Crippen molar-refractivity contribution in [2.24, 2.45) is 11.7 Å². The molecule has 2 N–H and O–H groups in total. The summed E-state index contributed by atoms with van der Waals surface area (Å²) >= 11 is 0. The Morgan fingerprint density at radius 1 is 1.33 bits per heavy atom. The first-order chi connectivity index (χ1) is 8.50. The fraction of sp³-hybridized carbons (Fsp3) is 0.667. The highest BCUT2D eigenvalue weighted by molar-refractivity contribution is 5.23. The van der Waals surface area contributed by atoms with Gasteiger partial charge in [0.2, 0.25) is 5.88 Å². The summed E-state index contributed by atoms with van der Waals surface area (Å²) in [5, 5.41) is 0. The van der Waals surface area contributed by atoms with Crippen molar-refractivity contribution in [3.63, 3.8) is 0 Å². The van der Waals surface area contributed by atoms with Crippen LogP contribution in [0.15, 0.2) is 18.3 Å². The molecule has 0 radical (unpaired) electrons. The molecule has 2 unspecified atom stereocenters. The van der Waals surface area contributed by atoms with Crippen molar-refractivity contribution in [3.05, 3.63) is 23.9 Å². The Bertz CT molecular complexity index is 380. The number of nitrogens with zero attached hydrogens (tertiary/aromatic N) is 1. The topological polar surface area (TPSA) is 48.1 Å². The fourth-order valence-corrected chi connectivity index (χ4v) is 2.48. The Kier molecular flexibility index (Phi) is 3.91. The van der Waals surface area contributed by atoms with E-state index in [9.17, 15) is 0 Å². The van der Waals surface area contributed by atoms with Gasteiger partial charge in [-0.05, 0) is 36.8 Å². The van der Waals surface area contributed by atoms with Crippen molar-refractivity contribution in [2.75, 3.05) is 6.54 Å². The van der Waals surface area contributed by atoms with Gasteiger partial charge in [0.1, 0.15) is 6.10 Å². The van der Waals surface area contributed by atoms with E-state index in [4.69, 9.17) is 10.5 Å². The van der Waals surface area contributed by atoms with E-state index in [1.54, 1.807) is 0 Å². The Morgan fingerprint density at radius 3 is 2.67 bits per heavy atom. The Hall–Kier alpha value is -1.09. The molecule has 2 rings (SSSR count). The number of aromatic nitrogens is 1. The summed E-state index contributed by atoms with van der Waals surface area (Å²) in [5.41, 5.74) is 7.13. The van der Waals surface area contributed by atoms with Gasteiger partial charge >= 0.3 is 0 Å². The third-order valence-electron chi connectivity index (χ3n) is 3.77. The number of rotatable bonds is 3. The zero-order chi connectivity index (χ0) is 13.2. The minimum absolute atomic E-state index is 0.138. The molecule has 100 valence electrons. The summed E-state index contributed by atoms with van der Waals surface area (Å²) in [7, 11) is 0. The van der Waals surface area contributed by atoms with Crippen LogP contribution in [-0.4, -0.2) is 17.6 Å². The molecule has 2 atom stereocenters. The summed E-state index contributed by atoms with van der Waals surface area (Å²) in [6.07, 6.45) is 5.67. The SMILES string of the molecule is CC(C)(C)c1ccc(OC2CCCC2CN)nc1. The lowest BCUT2D eigenvalue weighted by Gasteiger charge is -2.21. The van der Waals surface area contributed by atoms with Crippen molar-refractivity contribution < 1.29 is 4.74 Å². The van der Waals surface area contributed by atoms with Crippen LogP contribution in [0.3, 0.4) is 0 Å². The summed E-state index contributed by atoms with van der Waals surface area (Å²) in [4.78, 5) is 4.41. The molecule has 1 aliphatic rings.